The van der Waals surface area contributed by atoms with Crippen molar-refractivity contribution in [1.29, 1.82) is 0 Å². The smallest absolute Gasteiger partial charge is 0.306 e. The Balaban J connectivity index is 4.87. The summed E-state index contributed by atoms with van der Waals surface area (Å²) < 4.78 is 5.82. The van der Waals surface area contributed by atoms with Gasteiger partial charge in [-0.1, -0.05) is 206 Å². The Kier molecular flexibility index (Phi) is 44.4. The van der Waals surface area contributed by atoms with Crippen LogP contribution in [0.2, 0.25) is 0 Å². The second-order valence-electron chi connectivity index (χ2n) is 15.8. The molecule has 0 aliphatic heterocycles. The van der Waals surface area contributed by atoms with E-state index in [4.69, 9.17) is 4.74 Å². The number of nitrogens with one attached hydrogen (secondary N) is 1. The molecule has 3 N–H and O–H groups in total. The quantitative estimate of drug-likeness (QED) is 0.0324. The zero-order chi connectivity index (χ0) is 44.5. The fourth-order valence-electron chi connectivity index (χ4n) is 6.43. The van der Waals surface area contributed by atoms with Gasteiger partial charge in [-0.25, -0.2) is 0 Å². The van der Waals surface area contributed by atoms with E-state index in [0.29, 0.717) is 19.3 Å². The third kappa shape index (κ3) is 42.7. The molecule has 0 aromatic heterocycles. The van der Waals surface area contributed by atoms with Crippen LogP contribution in [-0.4, -0.2) is 46.9 Å². The highest BCUT2D eigenvalue weighted by molar-refractivity contribution is 5.77. The molecule has 61 heavy (non-hydrogen) atoms. The van der Waals surface area contributed by atoms with E-state index in [1.807, 2.05) is 12.2 Å². The molecule has 0 bridgehead atoms. The number of carbonyl (C=O) groups is 2. The number of amides is 1. The Morgan fingerprint density at radius 3 is 1.33 bits per heavy atom. The van der Waals surface area contributed by atoms with E-state index >= 15 is 0 Å². The number of esters is 1. The molecule has 0 aromatic rings. The average molecular weight is 844 g/mol. The summed E-state index contributed by atoms with van der Waals surface area (Å²) in [6.45, 7) is 6.18. The van der Waals surface area contributed by atoms with Crippen LogP contribution in [0.4, 0.5) is 0 Å². The summed E-state index contributed by atoms with van der Waals surface area (Å²) in [5.74, 6) is -0.665. The van der Waals surface area contributed by atoms with Gasteiger partial charge in [0, 0.05) is 12.8 Å². The van der Waals surface area contributed by atoms with E-state index in [-0.39, 0.29) is 31.3 Å². The Labute approximate surface area is 374 Å². The molecule has 1 amide bonds. The van der Waals surface area contributed by atoms with Gasteiger partial charge in [0.05, 0.1) is 25.2 Å². The van der Waals surface area contributed by atoms with E-state index in [9.17, 15) is 19.8 Å². The van der Waals surface area contributed by atoms with E-state index in [2.05, 4.69) is 135 Å². The van der Waals surface area contributed by atoms with Crippen LogP contribution in [0.25, 0.3) is 0 Å². The van der Waals surface area contributed by atoms with Crippen molar-refractivity contribution in [2.45, 2.75) is 206 Å². The van der Waals surface area contributed by atoms with Crippen LogP contribution in [0, 0.1) is 0 Å². The maximum atomic E-state index is 13.1. The van der Waals surface area contributed by atoms with Gasteiger partial charge in [-0.05, 0) is 83.5 Å². The van der Waals surface area contributed by atoms with Crippen LogP contribution in [0.15, 0.2) is 122 Å². The van der Waals surface area contributed by atoms with Gasteiger partial charge in [0.1, 0.15) is 6.10 Å². The molecule has 0 saturated carbocycles. The molecular weight excluding hydrogens is 755 g/mol. The van der Waals surface area contributed by atoms with Gasteiger partial charge < -0.3 is 20.3 Å². The first kappa shape index (κ1) is 57.3. The summed E-state index contributed by atoms with van der Waals surface area (Å²) in [4.78, 5) is 26.0. The summed E-state index contributed by atoms with van der Waals surface area (Å²) in [7, 11) is 0. The average Bonchev–Trinajstić information content (AvgIpc) is 3.25. The number of aliphatic hydroxyl groups excluding tert-OH is 2. The van der Waals surface area contributed by atoms with Crippen LogP contribution in [0.1, 0.15) is 188 Å². The summed E-state index contributed by atoms with van der Waals surface area (Å²) in [6.07, 6.45) is 65.6. The lowest BCUT2D eigenvalue weighted by Crippen LogP contribution is -2.46. The molecular formula is C55H89NO5. The molecule has 0 rings (SSSR count). The van der Waals surface area contributed by atoms with Crippen molar-refractivity contribution in [3.8, 4) is 0 Å². The van der Waals surface area contributed by atoms with Crippen molar-refractivity contribution in [3.05, 3.63) is 122 Å². The number of ether oxygens (including phenoxy) is 1. The molecule has 0 spiro atoms. The first-order chi connectivity index (χ1) is 30.0. The Hall–Kier alpha value is -3.74. The highest BCUT2D eigenvalue weighted by atomic mass is 16.5. The van der Waals surface area contributed by atoms with Gasteiger partial charge in [0.25, 0.3) is 0 Å². The van der Waals surface area contributed by atoms with E-state index < -0.39 is 18.2 Å². The number of hydrogen-bond acceptors (Lipinski definition) is 5. The van der Waals surface area contributed by atoms with Crippen LogP contribution in [0.5, 0.6) is 0 Å². The molecule has 0 aromatic carbocycles. The minimum Gasteiger partial charge on any atom is -0.461 e. The highest BCUT2D eigenvalue weighted by Crippen LogP contribution is 2.15. The molecule has 6 heteroatoms. The summed E-state index contributed by atoms with van der Waals surface area (Å²) in [5.41, 5.74) is 0. The second-order valence-corrected chi connectivity index (χ2v) is 15.8. The molecule has 6 nitrogen and oxygen atoms in total. The largest absolute Gasteiger partial charge is 0.461 e. The summed E-state index contributed by atoms with van der Waals surface area (Å²) in [6, 6.07) is -0.750. The zero-order valence-corrected chi connectivity index (χ0v) is 39.0. The Bertz CT molecular complexity index is 1310. The van der Waals surface area contributed by atoms with Gasteiger partial charge >= 0.3 is 5.97 Å². The maximum absolute atomic E-state index is 13.1. The fourth-order valence-corrected chi connectivity index (χ4v) is 6.43. The van der Waals surface area contributed by atoms with Gasteiger partial charge in [0.15, 0.2) is 0 Å². The van der Waals surface area contributed by atoms with E-state index in [1.54, 1.807) is 0 Å². The molecule has 0 saturated heterocycles. The van der Waals surface area contributed by atoms with Crippen molar-refractivity contribution in [1.82, 2.24) is 5.32 Å². The SMILES string of the molecule is CC/C=C\C/C=C\C/C=C\C/C=C\C/C=C\CCCC(=O)OC(C/C=C\C/C=C\C/C=C\C/C=C\C/C=C\CC)CC(=O)NC(CO)C(O)CCCCCCCCCCCC. The van der Waals surface area contributed by atoms with Crippen molar-refractivity contribution in [2.24, 2.45) is 0 Å². The zero-order valence-electron chi connectivity index (χ0n) is 39.0. The van der Waals surface area contributed by atoms with Gasteiger partial charge in [-0.3, -0.25) is 9.59 Å². The highest BCUT2D eigenvalue weighted by Gasteiger charge is 2.23. The van der Waals surface area contributed by atoms with Crippen LogP contribution < -0.4 is 5.32 Å². The van der Waals surface area contributed by atoms with E-state index in [0.717, 1.165) is 89.9 Å². The van der Waals surface area contributed by atoms with Gasteiger partial charge in [-0.2, -0.15) is 0 Å². The van der Waals surface area contributed by atoms with Crippen molar-refractivity contribution < 1.29 is 24.5 Å². The first-order valence-corrected chi connectivity index (χ1v) is 24.3. The maximum Gasteiger partial charge on any atom is 0.306 e. The number of unbranched alkanes of at least 4 members (excludes halogenated alkanes) is 10. The van der Waals surface area contributed by atoms with Gasteiger partial charge in [0.2, 0.25) is 5.91 Å². The molecule has 3 atom stereocenters. The third-order valence-electron chi connectivity index (χ3n) is 10.0. The number of rotatable bonds is 41. The second kappa shape index (κ2) is 47.3. The molecule has 344 valence electrons. The van der Waals surface area contributed by atoms with E-state index in [1.165, 1.54) is 44.9 Å². The molecule has 0 radical (unpaired) electrons. The van der Waals surface area contributed by atoms with Gasteiger partial charge in [-0.15, -0.1) is 0 Å². The summed E-state index contributed by atoms with van der Waals surface area (Å²) in [5, 5.41) is 23.6. The topological polar surface area (TPSA) is 95.9 Å². The third-order valence-corrected chi connectivity index (χ3v) is 10.0. The number of allylic oxidation sites excluding steroid dienone is 19. The lowest BCUT2D eigenvalue weighted by atomic mass is 10.0. The minimum atomic E-state index is -0.828. The first-order valence-electron chi connectivity index (χ1n) is 24.3. The predicted octanol–water partition coefficient (Wildman–Crippen LogP) is 14.5. The lowest BCUT2D eigenvalue weighted by Gasteiger charge is -2.24. The van der Waals surface area contributed by atoms with Crippen molar-refractivity contribution >= 4 is 11.9 Å². The molecule has 0 aliphatic carbocycles. The lowest BCUT2D eigenvalue weighted by molar-refractivity contribution is -0.150. The monoisotopic (exact) mass is 844 g/mol. The summed E-state index contributed by atoms with van der Waals surface area (Å²) >= 11 is 0. The van der Waals surface area contributed by atoms with Crippen molar-refractivity contribution in [2.75, 3.05) is 6.61 Å². The van der Waals surface area contributed by atoms with Crippen LogP contribution >= 0.6 is 0 Å². The van der Waals surface area contributed by atoms with Crippen LogP contribution in [-0.2, 0) is 14.3 Å². The van der Waals surface area contributed by atoms with Crippen molar-refractivity contribution in [3.63, 3.8) is 0 Å². The minimum absolute atomic E-state index is 0.0314. The standard InChI is InChI=1S/C55H89NO5/c1-4-7-10-13-16-19-22-24-26-27-29-31-33-36-39-42-45-48-55(60)61-51(46-43-40-37-34-32-30-28-25-23-20-17-14-11-8-5-2)49-54(59)56-52(50-57)53(58)47-44-41-38-35-21-18-15-12-9-6-3/h7-8,10-11,16-17,19-20,24-26,28-29,31-32,34,36,39-40,43,51-53,57-58H,4-6,9,12-15,18,21-23,27,30,33,35,37-38,41-42,44-50H2,1-3H3,(H,56,59)/b10-7-,11-8-,19-16-,20-17-,26-24-,28-25-,31-29-,34-32-,39-36-,43-40-. The number of aliphatic hydroxyl groups is 2. The number of hydrogen-bond donors (Lipinski definition) is 3. The molecule has 3 unspecified atom stereocenters. The predicted molar refractivity (Wildman–Crippen MR) is 263 cm³/mol. The molecule has 0 fully saturated rings. The number of carbonyl (C=O) groups excluding carboxylic acids is 2. The molecule has 0 heterocycles. The van der Waals surface area contributed by atoms with Crippen LogP contribution in [0.3, 0.4) is 0 Å². The Morgan fingerprint density at radius 1 is 0.508 bits per heavy atom. The molecule has 0 aliphatic rings. The normalized spacial score (nSPS) is 14.4. The fraction of sp³-hybridized carbons (Fsp3) is 0.600. The Morgan fingerprint density at radius 2 is 0.902 bits per heavy atom.